The Kier molecular flexibility index (Phi) is 6.07. The number of hydrazone groups is 1. The molecule has 3 heteroatoms. The third-order valence-corrected chi connectivity index (χ3v) is 4.06. The summed E-state index contributed by atoms with van der Waals surface area (Å²) in [7, 11) is 0. The lowest BCUT2D eigenvalue weighted by molar-refractivity contribution is 0.00800. The van der Waals surface area contributed by atoms with Crippen LogP contribution in [0.4, 0.5) is 0 Å². The molecule has 0 aromatic heterocycles. The average Bonchev–Trinajstić information content (AvgIpc) is 2.20. The summed E-state index contributed by atoms with van der Waals surface area (Å²) >= 11 is 0. The van der Waals surface area contributed by atoms with Gasteiger partial charge < -0.3 is 5.73 Å². The van der Waals surface area contributed by atoms with E-state index in [1.807, 2.05) is 0 Å². The molecule has 2 N–H and O–H groups in total. The molecular formula is C16H35N3. The molecule has 3 atom stereocenters. The molecule has 114 valence electrons. The lowest BCUT2D eigenvalue weighted by Gasteiger charge is -2.49. The standard InChI is InChI=1S/C16H35N3/c1-11(2)12(3)19(18-10)14(16(7,8)9)13(17)15(4,5)6/h11-14H,10,17H2,1-9H3. The smallest absolute Gasteiger partial charge is 0.0677 e. The number of hydrogen-bond acceptors (Lipinski definition) is 3. The van der Waals surface area contributed by atoms with Gasteiger partial charge in [-0.15, -0.1) is 0 Å². The highest BCUT2D eigenvalue weighted by atomic mass is 15.5. The van der Waals surface area contributed by atoms with E-state index in [-0.39, 0.29) is 22.9 Å². The first kappa shape index (κ1) is 18.4. The van der Waals surface area contributed by atoms with Crippen LogP contribution in [0.3, 0.4) is 0 Å². The van der Waals surface area contributed by atoms with Gasteiger partial charge in [-0.3, -0.25) is 5.01 Å². The maximum absolute atomic E-state index is 6.57. The van der Waals surface area contributed by atoms with Crippen molar-refractivity contribution in [2.75, 3.05) is 0 Å². The van der Waals surface area contributed by atoms with E-state index in [1.54, 1.807) is 0 Å². The van der Waals surface area contributed by atoms with E-state index in [9.17, 15) is 0 Å². The minimum absolute atomic E-state index is 0.0393. The number of hydrogen-bond donors (Lipinski definition) is 1. The van der Waals surface area contributed by atoms with Crippen LogP contribution in [0.5, 0.6) is 0 Å². The van der Waals surface area contributed by atoms with E-state index in [0.717, 1.165) is 0 Å². The van der Waals surface area contributed by atoms with Crippen molar-refractivity contribution in [1.29, 1.82) is 0 Å². The van der Waals surface area contributed by atoms with Crippen molar-refractivity contribution in [2.24, 2.45) is 27.6 Å². The maximum atomic E-state index is 6.57. The van der Waals surface area contributed by atoms with E-state index in [0.29, 0.717) is 12.0 Å². The van der Waals surface area contributed by atoms with Crippen molar-refractivity contribution < 1.29 is 0 Å². The number of rotatable bonds is 5. The predicted molar refractivity (Wildman–Crippen MR) is 86.4 cm³/mol. The molecule has 0 aromatic rings. The molecule has 3 unspecified atom stereocenters. The molecule has 0 saturated carbocycles. The van der Waals surface area contributed by atoms with Gasteiger partial charge in [-0.05, 0) is 23.7 Å². The summed E-state index contributed by atoms with van der Waals surface area (Å²) in [4.78, 5) is 0. The van der Waals surface area contributed by atoms with E-state index in [1.165, 1.54) is 0 Å². The van der Waals surface area contributed by atoms with Gasteiger partial charge in [-0.1, -0.05) is 55.4 Å². The van der Waals surface area contributed by atoms with Gasteiger partial charge in [0.2, 0.25) is 0 Å². The molecule has 0 aliphatic carbocycles. The average molecular weight is 269 g/mol. The molecule has 0 radical (unpaired) electrons. The molecule has 3 nitrogen and oxygen atoms in total. The zero-order chi connectivity index (χ0) is 15.6. The van der Waals surface area contributed by atoms with Gasteiger partial charge in [0.1, 0.15) is 0 Å². The Morgan fingerprint density at radius 3 is 1.58 bits per heavy atom. The third-order valence-electron chi connectivity index (χ3n) is 4.06. The Balaban J connectivity index is 5.53. The van der Waals surface area contributed by atoms with Crippen LogP contribution >= 0.6 is 0 Å². The highest BCUT2D eigenvalue weighted by molar-refractivity contribution is 5.23. The lowest BCUT2D eigenvalue weighted by atomic mass is 9.72. The second-order valence-corrected chi connectivity index (χ2v) is 8.21. The van der Waals surface area contributed by atoms with Gasteiger partial charge in [-0.2, -0.15) is 5.10 Å². The maximum Gasteiger partial charge on any atom is 0.0677 e. The summed E-state index contributed by atoms with van der Waals surface area (Å²) < 4.78 is 0. The molecule has 0 heterocycles. The Hall–Kier alpha value is -0.570. The normalized spacial score (nSPS) is 18.1. The zero-order valence-electron chi connectivity index (χ0n) is 14.5. The molecule has 0 fully saturated rings. The Bertz CT molecular complexity index is 283. The molecular weight excluding hydrogens is 234 g/mol. The van der Waals surface area contributed by atoms with Gasteiger partial charge in [0.15, 0.2) is 0 Å². The Morgan fingerprint density at radius 1 is 0.947 bits per heavy atom. The third kappa shape index (κ3) is 4.79. The van der Waals surface area contributed by atoms with Crippen molar-refractivity contribution in [3.05, 3.63) is 0 Å². The molecule has 0 bridgehead atoms. The fraction of sp³-hybridized carbons (Fsp3) is 0.938. The largest absolute Gasteiger partial charge is 0.325 e. The second-order valence-electron chi connectivity index (χ2n) is 8.21. The zero-order valence-corrected chi connectivity index (χ0v) is 14.5. The minimum Gasteiger partial charge on any atom is -0.325 e. The SMILES string of the molecule is C=NN(C(C)C(C)C)C(C(N)C(C)(C)C)C(C)(C)C. The molecule has 19 heavy (non-hydrogen) atoms. The monoisotopic (exact) mass is 269 g/mol. The van der Waals surface area contributed by atoms with Crippen LogP contribution in [-0.2, 0) is 0 Å². The van der Waals surface area contributed by atoms with Crippen LogP contribution in [-0.4, -0.2) is 29.9 Å². The van der Waals surface area contributed by atoms with Crippen LogP contribution in [0.15, 0.2) is 5.10 Å². The van der Waals surface area contributed by atoms with Gasteiger partial charge >= 0.3 is 0 Å². The van der Waals surface area contributed by atoms with Crippen LogP contribution in [0.2, 0.25) is 0 Å². The molecule has 0 aliphatic heterocycles. The second kappa shape index (κ2) is 6.25. The van der Waals surface area contributed by atoms with Crippen molar-refractivity contribution >= 4 is 6.72 Å². The van der Waals surface area contributed by atoms with Crippen molar-refractivity contribution in [3.63, 3.8) is 0 Å². The van der Waals surface area contributed by atoms with Gasteiger partial charge in [0.25, 0.3) is 0 Å². The molecule has 0 aromatic carbocycles. The molecule has 0 aliphatic rings. The minimum atomic E-state index is 0.0393. The fourth-order valence-electron chi connectivity index (χ4n) is 2.35. The van der Waals surface area contributed by atoms with Gasteiger partial charge in [0, 0.05) is 18.8 Å². The number of nitrogens with two attached hydrogens (primary N) is 1. The predicted octanol–water partition coefficient (Wildman–Crippen LogP) is 3.74. The molecule has 0 rings (SSSR count). The van der Waals surface area contributed by atoms with Crippen molar-refractivity contribution in [3.8, 4) is 0 Å². The summed E-state index contributed by atoms with van der Waals surface area (Å²) in [5, 5.41) is 6.44. The quantitative estimate of drug-likeness (QED) is 0.610. The molecule has 0 amide bonds. The summed E-state index contributed by atoms with van der Waals surface area (Å²) in [6.45, 7) is 23.7. The molecule has 0 saturated heterocycles. The summed E-state index contributed by atoms with van der Waals surface area (Å²) in [5.41, 5.74) is 6.66. The highest BCUT2D eigenvalue weighted by Gasteiger charge is 2.41. The van der Waals surface area contributed by atoms with Crippen LogP contribution in [0, 0.1) is 16.7 Å². The first-order valence-electron chi connectivity index (χ1n) is 7.34. The van der Waals surface area contributed by atoms with Gasteiger partial charge in [-0.25, -0.2) is 0 Å². The highest BCUT2D eigenvalue weighted by Crippen LogP contribution is 2.35. The van der Waals surface area contributed by atoms with E-state index in [4.69, 9.17) is 5.73 Å². The van der Waals surface area contributed by atoms with E-state index < -0.39 is 0 Å². The summed E-state index contributed by atoms with van der Waals surface area (Å²) in [5.74, 6) is 0.516. The summed E-state index contributed by atoms with van der Waals surface area (Å²) in [6.07, 6.45) is 0. The van der Waals surface area contributed by atoms with Crippen molar-refractivity contribution in [1.82, 2.24) is 5.01 Å². The van der Waals surface area contributed by atoms with Crippen LogP contribution in [0.25, 0.3) is 0 Å². The summed E-state index contributed by atoms with van der Waals surface area (Å²) in [6, 6.07) is 0.539. The van der Waals surface area contributed by atoms with Crippen molar-refractivity contribution in [2.45, 2.75) is 80.4 Å². The van der Waals surface area contributed by atoms with Crippen LogP contribution < -0.4 is 5.73 Å². The topological polar surface area (TPSA) is 41.6 Å². The number of nitrogens with zero attached hydrogens (tertiary/aromatic N) is 2. The Labute approximate surface area is 120 Å². The Morgan fingerprint density at radius 2 is 1.37 bits per heavy atom. The lowest BCUT2D eigenvalue weighted by Crippen LogP contribution is -2.60. The van der Waals surface area contributed by atoms with E-state index >= 15 is 0 Å². The van der Waals surface area contributed by atoms with E-state index in [2.05, 4.69) is 79.1 Å². The van der Waals surface area contributed by atoms with Crippen LogP contribution in [0.1, 0.15) is 62.3 Å². The fourth-order valence-corrected chi connectivity index (χ4v) is 2.35. The molecule has 0 spiro atoms. The van der Waals surface area contributed by atoms with Gasteiger partial charge in [0.05, 0.1) is 6.04 Å². The first-order valence-corrected chi connectivity index (χ1v) is 7.34. The first-order chi connectivity index (χ1) is 8.34.